The van der Waals surface area contributed by atoms with E-state index >= 15 is 0 Å². The predicted octanol–water partition coefficient (Wildman–Crippen LogP) is 4.19. The number of nitrogens with one attached hydrogen (secondary N) is 1. The average Bonchev–Trinajstić information content (AvgIpc) is 2.56. The monoisotopic (exact) mass is 336 g/mol. The Labute approximate surface area is 151 Å². The number of hydrogen-bond donors (Lipinski definition) is 1. The summed E-state index contributed by atoms with van der Waals surface area (Å²) in [5.41, 5.74) is 3.33. The zero-order chi connectivity index (χ0) is 17.6. The van der Waals surface area contributed by atoms with E-state index in [0.717, 1.165) is 30.8 Å². The molecule has 2 aromatic carbocycles. The summed E-state index contributed by atoms with van der Waals surface area (Å²) in [5.74, 6) is 1.42. The lowest BCUT2D eigenvalue weighted by atomic mass is 9.92. The van der Waals surface area contributed by atoms with Crippen LogP contribution in [0.4, 0.5) is 5.69 Å². The molecule has 3 heteroatoms. The number of anilines is 1. The van der Waals surface area contributed by atoms with Gasteiger partial charge in [-0.2, -0.15) is 0 Å². The van der Waals surface area contributed by atoms with Crippen LogP contribution >= 0.6 is 0 Å². The topological polar surface area (TPSA) is 32.3 Å². The molecule has 1 N–H and O–H groups in total. The lowest BCUT2D eigenvalue weighted by Crippen LogP contribution is -2.42. The number of likely N-dealkylation sites (tertiary alicyclic amines) is 1. The fourth-order valence-electron chi connectivity index (χ4n) is 3.93. The van der Waals surface area contributed by atoms with Crippen LogP contribution in [0.2, 0.25) is 0 Å². The van der Waals surface area contributed by atoms with Crippen LogP contribution in [0.5, 0.6) is 0 Å². The Kier molecular flexibility index (Phi) is 5.87. The van der Waals surface area contributed by atoms with E-state index in [9.17, 15) is 4.79 Å². The zero-order valence-electron chi connectivity index (χ0n) is 15.2. The molecular formula is C22H28N2O. The van der Waals surface area contributed by atoms with Crippen LogP contribution in [0.3, 0.4) is 0 Å². The molecule has 1 heterocycles. The maximum absolute atomic E-state index is 12.5. The Balaban J connectivity index is 1.63. The van der Waals surface area contributed by atoms with Crippen molar-refractivity contribution in [2.24, 2.45) is 11.8 Å². The first-order valence-electron chi connectivity index (χ1n) is 9.24. The first kappa shape index (κ1) is 17.7. The minimum absolute atomic E-state index is 0.0850. The van der Waals surface area contributed by atoms with Gasteiger partial charge in [0.15, 0.2) is 0 Å². The molecule has 0 unspecified atom stereocenters. The van der Waals surface area contributed by atoms with Crippen molar-refractivity contribution in [1.82, 2.24) is 4.90 Å². The number of benzene rings is 2. The van der Waals surface area contributed by atoms with Gasteiger partial charge in [0.2, 0.25) is 5.91 Å². The van der Waals surface area contributed by atoms with E-state index in [1.54, 1.807) is 0 Å². The van der Waals surface area contributed by atoms with Crippen LogP contribution in [0, 0.1) is 11.8 Å². The molecule has 2 aromatic rings. The molecule has 132 valence electrons. The first-order valence-corrected chi connectivity index (χ1v) is 9.24. The number of carbonyl (C=O) groups is 1. The first-order chi connectivity index (χ1) is 12.1. The highest BCUT2D eigenvalue weighted by Crippen LogP contribution is 2.22. The van der Waals surface area contributed by atoms with Crippen LogP contribution in [-0.2, 0) is 11.2 Å². The van der Waals surface area contributed by atoms with Crippen molar-refractivity contribution in [1.29, 1.82) is 0 Å². The second-order valence-corrected chi connectivity index (χ2v) is 7.51. The Morgan fingerprint density at radius 3 is 2.36 bits per heavy atom. The van der Waals surface area contributed by atoms with Crippen molar-refractivity contribution in [3.63, 3.8) is 0 Å². The molecule has 1 aliphatic heterocycles. The highest BCUT2D eigenvalue weighted by molar-refractivity contribution is 5.93. The maximum atomic E-state index is 12.5. The van der Waals surface area contributed by atoms with Gasteiger partial charge in [-0.05, 0) is 41.9 Å². The van der Waals surface area contributed by atoms with Crippen molar-refractivity contribution in [2.45, 2.75) is 26.7 Å². The van der Waals surface area contributed by atoms with Crippen LogP contribution in [0.25, 0.3) is 0 Å². The van der Waals surface area contributed by atoms with E-state index in [1.807, 2.05) is 24.3 Å². The van der Waals surface area contributed by atoms with Gasteiger partial charge >= 0.3 is 0 Å². The summed E-state index contributed by atoms with van der Waals surface area (Å²) < 4.78 is 0. The van der Waals surface area contributed by atoms with Crippen molar-refractivity contribution in [2.75, 3.05) is 25.0 Å². The quantitative estimate of drug-likeness (QED) is 0.888. The summed E-state index contributed by atoms with van der Waals surface area (Å²) in [6, 6.07) is 18.5. The van der Waals surface area contributed by atoms with Gasteiger partial charge < -0.3 is 5.32 Å². The number of para-hydroxylation sites is 1. The molecule has 3 nitrogen and oxygen atoms in total. The third kappa shape index (κ3) is 5.17. The summed E-state index contributed by atoms with van der Waals surface area (Å²) in [4.78, 5) is 14.8. The summed E-state index contributed by atoms with van der Waals surface area (Å²) >= 11 is 0. The number of hydrogen-bond acceptors (Lipinski definition) is 2. The number of piperidine rings is 1. The third-order valence-corrected chi connectivity index (χ3v) is 4.84. The molecule has 0 bridgehead atoms. The van der Waals surface area contributed by atoms with Crippen molar-refractivity contribution >= 4 is 11.6 Å². The molecule has 3 rings (SSSR count). The second-order valence-electron chi connectivity index (χ2n) is 7.51. The molecule has 0 aromatic heterocycles. The van der Waals surface area contributed by atoms with Gasteiger partial charge in [-0.1, -0.05) is 62.4 Å². The fourth-order valence-corrected chi connectivity index (χ4v) is 3.93. The number of carbonyl (C=O) groups excluding carboxylic acids is 1. The molecule has 0 spiro atoms. The minimum atomic E-state index is 0.0850. The Hall–Kier alpha value is -2.13. The Bertz CT molecular complexity index is 688. The lowest BCUT2D eigenvalue weighted by molar-refractivity contribution is -0.117. The molecule has 0 radical (unpaired) electrons. The van der Waals surface area contributed by atoms with Gasteiger partial charge in [-0.25, -0.2) is 0 Å². The number of nitrogens with zero attached hydrogens (tertiary/aromatic N) is 1. The van der Waals surface area contributed by atoms with Crippen molar-refractivity contribution in [3.8, 4) is 0 Å². The molecular weight excluding hydrogens is 308 g/mol. The molecule has 2 atom stereocenters. The largest absolute Gasteiger partial charge is 0.325 e. The van der Waals surface area contributed by atoms with E-state index in [-0.39, 0.29) is 5.91 Å². The predicted molar refractivity (Wildman–Crippen MR) is 104 cm³/mol. The SMILES string of the molecule is C[C@H]1C[C@H](C)CN(CC(=O)Nc2ccccc2Cc2ccccc2)C1. The summed E-state index contributed by atoms with van der Waals surface area (Å²) in [6.07, 6.45) is 2.09. The van der Waals surface area contributed by atoms with E-state index in [4.69, 9.17) is 0 Å². The Morgan fingerprint density at radius 1 is 1.00 bits per heavy atom. The summed E-state index contributed by atoms with van der Waals surface area (Å²) in [7, 11) is 0. The minimum Gasteiger partial charge on any atom is -0.325 e. The van der Waals surface area contributed by atoms with Crippen molar-refractivity contribution in [3.05, 3.63) is 65.7 Å². The summed E-state index contributed by atoms with van der Waals surface area (Å²) in [5, 5.41) is 3.13. The van der Waals surface area contributed by atoms with Crippen LogP contribution < -0.4 is 5.32 Å². The number of rotatable bonds is 5. The standard InChI is InChI=1S/C22H28N2O/c1-17-12-18(2)15-24(14-17)16-22(25)23-21-11-7-6-10-20(21)13-19-8-4-3-5-9-19/h3-11,17-18H,12-16H2,1-2H3,(H,23,25)/t17-,18-/m0/s1. The molecule has 1 amide bonds. The molecule has 0 saturated carbocycles. The highest BCUT2D eigenvalue weighted by Gasteiger charge is 2.23. The number of amides is 1. The van der Waals surface area contributed by atoms with E-state index < -0.39 is 0 Å². The molecule has 0 aliphatic carbocycles. The van der Waals surface area contributed by atoms with Gasteiger partial charge in [0, 0.05) is 18.8 Å². The van der Waals surface area contributed by atoms with E-state index in [1.165, 1.54) is 12.0 Å². The van der Waals surface area contributed by atoms with E-state index in [0.29, 0.717) is 18.4 Å². The average molecular weight is 336 g/mol. The lowest BCUT2D eigenvalue weighted by Gasteiger charge is -2.34. The smallest absolute Gasteiger partial charge is 0.238 e. The van der Waals surface area contributed by atoms with Gasteiger partial charge in [0.25, 0.3) is 0 Å². The Morgan fingerprint density at radius 2 is 1.64 bits per heavy atom. The van der Waals surface area contributed by atoms with Crippen molar-refractivity contribution < 1.29 is 4.79 Å². The highest BCUT2D eigenvalue weighted by atomic mass is 16.2. The van der Waals surface area contributed by atoms with E-state index in [2.05, 4.69) is 54.4 Å². The molecule has 1 fully saturated rings. The van der Waals surface area contributed by atoms with Crippen LogP contribution in [0.1, 0.15) is 31.4 Å². The fraction of sp³-hybridized carbons (Fsp3) is 0.409. The van der Waals surface area contributed by atoms with Crippen LogP contribution in [0.15, 0.2) is 54.6 Å². The molecule has 1 saturated heterocycles. The normalized spacial score (nSPS) is 21.0. The second kappa shape index (κ2) is 8.30. The van der Waals surface area contributed by atoms with Gasteiger partial charge in [-0.3, -0.25) is 9.69 Å². The van der Waals surface area contributed by atoms with Gasteiger partial charge in [-0.15, -0.1) is 0 Å². The van der Waals surface area contributed by atoms with Gasteiger partial charge in [0.1, 0.15) is 0 Å². The zero-order valence-corrected chi connectivity index (χ0v) is 15.2. The summed E-state index contributed by atoms with van der Waals surface area (Å²) in [6.45, 7) is 7.06. The third-order valence-electron chi connectivity index (χ3n) is 4.84. The maximum Gasteiger partial charge on any atom is 0.238 e. The molecule has 1 aliphatic rings. The van der Waals surface area contributed by atoms with Gasteiger partial charge in [0.05, 0.1) is 6.54 Å². The molecule has 25 heavy (non-hydrogen) atoms. The van der Waals surface area contributed by atoms with Crippen LogP contribution in [-0.4, -0.2) is 30.4 Å².